The molecule has 2 saturated heterocycles. The number of carbonyl (C=O) groups is 1. The van der Waals surface area contributed by atoms with Crippen molar-refractivity contribution in [2.75, 3.05) is 44.2 Å². The number of fused-ring (bicyclic) bond motifs is 1. The van der Waals surface area contributed by atoms with E-state index < -0.39 is 37.9 Å². The minimum absolute atomic E-state index is 0.0594. The van der Waals surface area contributed by atoms with Gasteiger partial charge in [0.15, 0.2) is 0 Å². The fraction of sp³-hybridized carbons (Fsp3) is 0.586. The lowest BCUT2D eigenvalue weighted by Gasteiger charge is -2.41. The average molecular weight is 541 g/mol. The molecule has 208 valence electrons. The van der Waals surface area contributed by atoms with Crippen LogP contribution in [0.25, 0.3) is 0 Å². The largest absolute Gasteiger partial charge is 0.462 e. The highest BCUT2D eigenvalue weighted by molar-refractivity contribution is 5.69. The van der Waals surface area contributed by atoms with Crippen LogP contribution in [0.3, 0.4) is 0 Å². The number of carbonyl (C=O) groups excluding carboxylic acids is 1. The molecule has 4 heterocycles. The van der Waals surface area contributed by atoms with Crippen molar-refractivity contribution in [2.45, 2.75) is 70.6 Å². The molecule has 0 unspecified atom stereocenters. The maximum absolute atomic E-state index is 13.1. The second kappa shape index (κ2) is 12.6. The Hall–Kier alpha value is -3.42. The van der Waals surface area contributed by atoms with E-state index >= 15 is 0 Å². The van der Waals surface area contributed by atoms with Gasteiger partial charge in [0.1, 0.15) is 19.0 Å². The van der Waals surface area contributed by atoms with Gasteiger partial charge in [-0.25, -0.2) is 4.79 Å². The molecule has 1 N–H and O–H groups in total. The van der Waals surface area contributed by atoms with Crippen LogP contribution >= 0.6 is 0 Å². The highest BCUT2D eigenvalue weighted by Crippen LogP contribution is 2.29. The van der Waals surface area contributed by atoms with Crippen LogP contribution in [0.1, 0.15) is 59.4 Å². The highest BCUT2D eigenvalue weighted by atomic mass is 16.6. The third-order valence-electron chi connectivity index (χ3n) is 7.51. The number of anilines is 1. The van der Waals surface area contributed by atoms with Crippen molar-refractivity contribution < 1.29 is 23.9 Å². The molecule has 10 heteroatoms. The molecule has 3 aliphatic heterocycles. The summed E-state index contributed by atoms with van der Waals surface area (Å²) in [4.78, 5) is 27.3. The monoisotopic (exact) mass is 540 g/mol. The van der Waals surface area contributed by atoms with Gasteiger partial charge in [0, 0.05) is 53.4 Å². The highest BCUT2D eigenvalue weighted by Gasteiger charge is 2.34. The topological polar surface area (TPSA) is 107 Å². The smallest absolute Gasteiger partial charge is 0.410 e. The van der Waals surface area contributed by atoms with E-state index in [0.29, 0.717) is 51.3 Å². The zero-order valence-electron chi connectivity index (χ0n) is 28.9. The van der Waals surface area contributed by atoms with Crippen molar-refractivity contribution in [3.8, 4) is 12.1 Å². The van der Waals surface area contributed by atoms with Crippen molar-refractivity contribution in [3.05, 3.63) is 47.2 Å². The first kappa shape index (κ1) is 19.6. The Balaban J connectivity index is 1.33. The summed E-state index contributed by atoms with van der Waals surface area (Å²) in [5, 5.41) is 12.9. The Kier molecular flexibility index (Phi) is 6.35. The van der Waals surface area contributed by atoms with Gasteiger partial charge < -0.3 is 24.6 Å². The van der Waals surface area contributed by atoms with E-state index in [4.69, 9.17) is 24.1 Å². The Morgan fingerprint density at radius 1 is 1.26 bits per heavy atom. The van der Waals surface area contributed by atoms with Crippen LogP contribution in [0.15, 0.2) is 30.3 Å². The van der Waals surface area contributed by atoms with Crippen LogP contribution < -0.4 is 15.0 Å². The molecule has 2 aromatic rings. The summed E-state index contributed by atoms with van der Waals surface area (Å²) in [6, 6.07) is 7.77. The Labute approximate surface area is 240 Å². The van der Waals surface area contributed by atoms with Crippen LogP contribution in [-0.2, 0) is 24.3 Å². The predicted molar refractivity (Wildman–Crippen MR) is 147 cm³/mol. The van der Waals surface area contributed by atoms with Crippen LogP contribution in [0.5, 0.6) is 6.01 Å². The van der Waals surface area contributed by atoms with Gasteiger partial charge in [-0.05, 0) is 51.6 Å². The Morgan fingerprint density at radius 3 is 2.95 bits per heavy atom. The number of hydrogen-bond donors (Lipinski definition) is 1. The van der Waals surface area contributed by atoms with Crippen LogP contribution in [0.4, 0.5) is 10.6 Å². The van der Waals surface area contributed by atoms with Crippen molar-refractivity contribution >= 4 is 11.9 Å². The molecule has 0 spiro atoms. The lowest BCUT2D eigenvalue weighted by molar-refractivity contribution is 0.0767. The first-order valence-corrected chi connectivity index (χ1v) is 13.4. The molecule has 10 nitrogen and oxygen atoms in total. The minimum Gasteiger partial charge on any atom is -0.462 e. The number of piperazine rings is 1. The number of ether oxygens (including phenoxy) is 2. The van der Waals surface area contributed by atoms with Crippen molar-refractivity contribution in [1.29, 1.82) is 5.26 Å². The van der Waals surface area contributed by atoms with E-state index in [0.717, 1.165) is 23.4 Å². The number of likely N-dealkylation sites (tertiary alicyclic amines) is 1. The van der Waals surface area contributed by atoms with E-state index in [1.165, 1.54) is 4.90 Å². The molecule has 2 fully saturated rings. The lowest BCUT2D eigenvalue weighted by Crippen LogP contribution is -2.55. The van der Waals surface area contributed by atoms with E-state index in [2.05, 4.69) is 16.4 Å². The summed E-state index contributed by atoms with van der Waals surface area (Å²) in [6.45, 7) is -3.64. The predicted octanol–water partition coefficient (Wildman–Crippen LogP) is 3.11. The van der Waals surface area contributed by atoms with Crippen molar-refractivity contribution in [3.63, 3.8) is 0 Å². The third kappa shape index (κ3) is 6.43. The number of aromatic nitrogens is 2. The van der Waals surface area contributed by atoms with Gasteiger partial charge in [-0.15, -0.1) is 0 Å². The van der Waals surface area contributed by atoms with Crippen molar-refractivity contribution in [2.24, 2.45) is 0 Å². The second-order valence-electron chi connectivity index (χ2n) is 10.0. The van der Waals surface area contributed by atoms with Gasteiger partial charge in [0.2, 0.25) is 0 Å². The van der Waals surface area contributed by atoms with E-state index in [1.54, 1.807) is 4.90 Å². The number of amides is 1. The molecule has 1 amide bonds. The van der Waals surface area contributed by atoms with Crippen LogP contribution in [0.2, 0.25) is 0 Å². The van der Waals surface area contributed by atoms with Gasteiger partial charge in [0.05, 0.1) is 24.2 Å². The molecular formula is C29H39N7O3. The molecule has 0 aliphatic carbocycles. The molecule has 5 rings (SSSR count). The van der Waals surface area contributed by atoms with Gasteiger partial charge in [-0.3, -0.25) is 4.90 Å². The zero-order valence-corrected chi connectivity index (χ0v) is 21.9. The fourth-order valence-corrected chi connectivity index (χ4v) is 5.49. The first-order chi connectivity index (χ1) is 21.8. The lowest BCUT2D eigenvalue weighted by atomic mass is 10.0. The number of benzene rings is 1. The summed E-state index contributed by atoms with van der Waals surface area (Å²) in [7, 11) is 0. The molecule has 0 radical (unpaired) electrons. The SMILES string of the molecule is [2H]C([2H])([2H])C([2H])(N1CCC[C@H]1COc1nc2c(c(N3CCN(C(=O)OCc4ccccc4)[C@@H](CC#N)C3)n1)CCNC2)C([2H])([2H])[2H]. The van der Waals surface area contributed by atoms with Gasteiger partial charge in [0.25, 0.3) is 0 Å². The summed E-state index contributed by atoms with van der Waals surface area (Å²) in [5.41, 5.74) is 2.56. The van der Waals surface area contributed by atoms with Crippen molar-refractivity contribution in [1.82, 2.24) is 25.1 Å². The van der Waals surface area contributed by atoms with E-state index in [9.17, 15) is 10.1 Å². The molecule has 0 saturated carbocycles. The molecule has 39 heavy (non-hydrogen) atoms. The fourth-order valence-electron chi connectivity index (χ4n) is 5.49. The van der Waals surface area contributed by atoms with Crippen LogP contribution in [0, 0.1) is 11.3 Å². The summed E-state index contributed by atoms with van der Waals surface area (Å²) in [6.07, 6.45) is 1.28. The zero-order chi connectivity index (χ0) is 33.1. The van der Waals surface area contributed by atoms with Gasteiger partial charge in [-0.2, -0.15) is 15.2 Å². The maximum atomic E-state index is 13.1. The quantitative estimate of drug-likeness (QED) is 0.540. The summed E-state index contributed by atoms with van der Waals surface area (Å²) < 4.78 is 67.7. The average Bonchev–Trinajstić information content (AvgIpc) is 3.50. The number of nitrogens with zero attached hydrogens (tertiary/aromatic N) is 6. The van der Waals surface area contributed by atoms with E-state index in [-0.39, 0.29) is 32.2 Å². The molecule has 3 aliphatic rings. The number of rotatable bonds is 8. The maximum Gasteiger partial charge on any atom is 0.410 e. The number of nitriles is 1. The molecular weight excluding hydrogens is 494 g/mol. The summed E-state index contributed by atoms with van der Waals surface area (Å²) >= 11 is 0. The van der Waals surface area contributed by atoms with Crippen LogP contribution in [-0.4, -0.2) is 83.3 Å². The standard InChI is InChI=1S/C29H39N7O3/c1-21(2)35-14-6-9-24(35)20-38-28-32-26-17-31-13-11-25(26)27(33-28)34-15-16-36(23(18-34)10-12-30)29(37)39-19-22-7-4-3-5-8-22/h3-5,7-8,21,23-24,31H,6,9-11,13-20H2,1-2H3/t23-,24-/m0/s1/i1D3,2D3,21D. The minimum atomic E-state index is -3.07. The molecule has 1 aromatic carbocycles. The Morgan fingerprint density at radius 2 is 2.13 bits per heavy atom. The van der Waals surface area contributed by atoms with Gasteiger partial charge in [-0.1, -0.05) is 30.3 Å². The Bertz CT molecular complexity index is 1410. The molecule has 0 bridgehead atoms. The first-order valence-electron chi connectivity index (χ1n) is 16.9. The summed E-state index contributed by atoms with van der Waals surface area (Å²) in [5.74, 6) is 0.643. The third-order valence-corrected chi connectivity index (χ3v) is 7.51. The van der Waals surface area contributed by atoms with Gasteiger partial charge >= 0.3 is 12.1 Å². The molecule has 2 atom stereocenters. The normalized spacial score (nSPS) is 25.1. The van der Waals surface area contributed by atoms with E-state index in [1.807, 2.05) is 35.2 Å². The number of hydrogen-bond acceptors (Lipinski definition) is 9. The number of nitrogens with one attached hydrogen (secondary N) is 1. The second-order valence-corrected chi connectivity index (χ2v) is 10.0. The molecule has 1 aromatic heterocycles.